The molecule has 1 aromatic carbocycles. The summed E-state index contributed by atoms with van der Waals surface area (Å²) < 4.78 is 0. The number of halogens is 1. The van der Waals surface area contributed by atoms with Gasteiger partial charge in [-0.25, -0.2) is 0 Å². The molecule has 0 aliphatic heterocycles. The molecule has 1 aliphatic carbocycles. The number of aryl methyl sites for hydroxylation is 2. The smallest absolute Gasteiger partial charge is 0.263 e. The van der Waals surface area contributed by atoms with Crippen LogP contribution in [0.25, 0.3) is 0 Å². The molecule has 0 bridgehead atoms. The van der Waals surface area contributed by atoms with E-state index in [9.17, 15) is 10.1 Å². The van der Waals surface area contributed by atoms with Gasteiger partial charge in [0.05, 0.1) is 10.7 Å². The third-order valence-electron chi connectivity index (χ3n) is 3.85. The van der Waals surface area contributed by atoms with Crippen LogP contribution >= 0.6 is 11.6 Å². The molecule has 0 saturated heterocycles. The molecule has 1 aromatic rings. The first-order valence-corrected chi connectivity index (χ1v) is 7.83. The topological polar surface area (TPSA) is 64.9 Å². The summed E-state index contributed by atoms with van der Waals surface area (Å²) in [6, 6.07) is 5.96. The molecule has 0 atom stereocenters. The monoisotopic (exact) mass is 317 g/mol. The van der Waals surface area contributed by atoms with E-state index in [1.165, 1.54) is 6.20 Å². The van der Waals surface area contributed by atoms with Crippen LogP contribution in [0.5, 0.6) is 0 Å². The summed E-state index contributed by atoms with van der Waals surface area (Å²) in [6.45, 7) is 3.90. The van der Waals surface area contributed by atoms with Gasteiger partial charge >= 0.3 is 0 Å². The van der Waals surface area contributed by atoms with E-state index in [1.54, 1.807) is 0 Å². The fourth-order valence-corrected chi connectivity index (χ4v) is 3.10. The minimum Gasteiger partial charge on any atom is -0.359 e. The number of nitriles is 1. The highest BCUT2D eigenvalue weighted by Gasteiger charge is 2.19. The molecule has 5 heteroatoms. The molecule has 0 spiro atoms. The van der Waals surface area contributed by atoms with Crippen molar-refractivity contribution in [3.8, 4) is 6.07 Å². The van der Waals surface area contributed by atoms with E-state index >= 15 is 0 Å². The zero-order valence-corrected chi connectivity index (χ0v) is 13.6. The van der Waals surface area contributed by atoms with Crippen molar-refractivity contribution >= 4 is 23.2 Å². The molecule has 2 rings (SSSR count). The number of nitrogens with one attached hydrogen (secondary N) is 2. The van der Waals surface area contributed by atoms with E-state index in [2.05, 4.69) is 10.6 Å². The predicted molar refractivity (Wildman–Crippen MR) is 88.6 cm³/mol. The van der Waals surface area contributed by atoms with E-state index < -0.39 is 0 Å². The Morgan fingerprint density at radius 3 is 2.64 bits per heavy atom. The molecule has 116 valence electrons. The quantitative estimate of drug-likeness (QED) is 0.655. The number of anilines is 1. The molecule has 22 heavy (non-hydrogen) atoms. The summed E-state index contributed by atoms with van der Waals surface area (Å²) >= 11 is 6.20. The molecule has 2 N–H and O–H groups in total. The van der Waals surface area contributed by atoms with Gasteiger partial charge in [0, 0.05) is 12.2 Å². The number of rotatable bonds is 4. The van der Waals surface area contributed by atoms with Gasteiger partial charge in [0.25, 0.3) is 5.91 Å². The van der Waals surface area contributed by atoms with Crippen molar-refractivity contribution in [2.45, 2.75) is 45.6 Å². The van der Waals surface area contributed by atoms with E-state index in [-0.39, 0.29) is 17.5 Å². The molecule has 0 heterocycles. The predicted octanol–water partition coefficient (Wildman–Crippen LogP) is 3.84. The molecular formula is C17H20ClN3O. The van der Waals surface area contributed by atoms with Crippen LogP contribution in [0.4, 0.5) is 5.69 Å². The Balaban J connectivity index is 2.09. The molecule has 0 radical (unpaired) electrons. The molecule has 4 nitrogen and oxygen atoms in total. The SMILES string of the molecule is Cc1cc(C)c(N/C=C(/C#N)C(=O)NC2CCCC2)c(Cl)c1. The second kappa shape index (κ2) is 7.33. The van der Waals surface area contributed by atoms with Crippen molar-refractivity contribution in [1.29, 1.82) is 5.26 Å². The number of carbonyl (C=O) groups excluding carboxylic acids is 1. The minimum atomic E-state index is -0.331. The Bertz CT molecular complexity index is 617. The highest BCUT2D eigenvalue weighted by Crippen LogP contribution is 2.27. The van der Waals surface area contributed by atoms with E-state index in [0.717, 1.165) is 36.8 Å². The second-order valence-corrected chi connectivity index (χ2v) is 6.11. The minimum absolute atomic E-state index is 0.0583. The fourth-order valence-electron chi connectivity index (χ4n) is 2.72. The summed E-state index contributed by atoms with van der Waals surface area (Å²) in [5.41, 5.74) is 2.81. The van der Waals surface area contributed by atoms with Crippen LogP contribution in [0.3, 0.4) is 0 Å². The van der Waals surface area contributed by atoms with Gasteiger partial charge in [0.15, 0.2) is 0 Å². The maximum atomic E-state index is 12.1. The third-order valence-corrected chi connectivity index (χ3v) is 4.15. The zero-order valence-electron chi connectivity index (χ0n) is 12.9. The van der Waals surface area contributed by atoms with E-state index in [1.807, 2.05) is 32.0 Å². The average molecular weight is 318 g/mol. The molecule has 1 fully saturated rings. The number of nitrogens with zero attached hydrogens (tertiary/aromatic N) is 1. The first-order chi connectivity index (χ1) is 10.5. The summed E-state index contributed by atoms with van der Waals surface area (Å²) in [5, 5.41) is 15.6. The Hall–Kier alpha value is -1.99. The van der Waals surface area contributed by atoms with Crippen LogP contribution in [0.1, 0.15) is 36.8 Å². The summed E-state index contributed by atoms with van der Waals surface area (Å²) in [7, 11) is 0. The van der Waals surface area contributed by atoms with Crippen LogP contribution in [0.15, 0.2) is 23.9 Å². The number of carbonyl (C=O) groups is 1. The second-order valence-electron chi connectivity index (χ2n) is 5.71. The Morgan fingerprint density at radius 1 is 1.36 bits per heavy atom. The van der Waals surface area contributed by atoms with Crippen molar-refractivity contribution < 1.29 is 4.79 Å². The highest BCUT2D eigenvalue weighted by atomic mass is 35.5. The number of hydrogen-bond acceptors (Lipinski definition) is 3. The van der Waals surface area contributed by atoms with Crippen LogP contribution in [-0.2, 0) is 4.79 Å². The summed E-state index contributed by atoms with van der Waals surface area (Å²) in [5.74, 6) is -0.331. The number of hydrogen-bond donors (Lipinski definition) is 2. The van der Waals surface area contributed by atoms with Crippen molar-refractivity contribution in [3.63, 3.8) is 0 Å². The third kappa shape index (κ3) is 4.02. The maximum Gasteiger partial charge on any atom is 0.263 e. The first kappa shape index (κ1) is 16.4. The summed E-state index contributed by atoms with van der Waals surface area (Å²) in [4.78, 5) is 12.1. The molecular weight excluding hydrogens is 298 g/mol. The fraction of sp³-hybridized carbons (Fsp3) is 0.412. The van der Waals surface area contributed by atoms with Crippen molar-refractivity contribution in [3.05, 3.63) is 40.1 Å². The molecule has 0 unspecified atom stereocenters. The van der Waals surface area contributed by atoms with Gasteiger partial charge in [-0.2, -0.15) is 5.26 Å². The Morgan fingerprint density at radius 2 is 2.05 bits per heavy atom. The summed E-state index contributed by atoms with van der Waals surface area (Å²) in [6.07, 6.45) is 5.66. The number of amides is 1. The van der Waals surface area contributed by atoms with Gasteiger partial charge in [-0.1, -0.05) is 30.5 Å². The largest absolute Gasteiger partial charge is 0.359 e. The molecule has 0 aromatic heterocycles. The lowest BCUT2D eigenvalue weighted by atomic mass is 10.1. The lowest BCUT2D eigenvalue weighted by Crippen LogP contribution is -2.33. The van der Waals surface area contributed by atoms with Crippen molar-refractivity contribution in [2.75, 3.05) is 5.32 Å². The average Bonchev–Trinajstić information content (AvgIpc) is 2.94. The molecule has 1 saturated carbocycles. The van der Waals surface area contributed by atoms with Gasteiger partial charge in [0.1, 0.15) is 11.6 Å². The maximum absolute atomic E-state index is 12.1. The van der Waals surface area contributed by atoms with Gasteiger partial charge in [-0.15, -0.1) is 0 Å². The van der Waals surface area contributed by atoms with Gasteiger partial charge in [0.2, 0.25) is 0 Å². The number of benzene rings is 1. The molecule has 1 amide bonds. The normalized spacial score (nSPS) is 15.5. The molecule has 1 aliphatic rings. The van der Waals surface area contributed by atoms with Crippen LogP contribution in [0.2, 0.25) is 5.02 Å². The lowest BCUT2D eigenvalue weighted by molar-refractivity contribution is -0.117. The van der Waals surface area contributed by atoms with Crippen LogP contribution < -0.4 is 10.6 Å². The Labute approximate surface area is 136 Å². The van der Waals surface area contributed by atoms with Crippen molar-refractivity contribution in [2.24, 2.45) is 0 Å². The van der Waals surface area contributed by atoms with Gasteiger partial charge < -0.3 is 10.6 Å². The van der Waals surface area contributed by atoms with Gasteiger partial charge in [-0.3, -0.25) is 4.79 Å². The van der Waals surface area contributed by atoms with Crippen molar-refractivity contribution in [1.82, 2.24) is 5.32 Å². The van der Waals surface area contributed by atoms with E-state index in [4.69, 9.17) is 11.6 Å². The van der Waals surface area contributed by atoms with E-state index in [0.29, 0.717) is 10.7 Å². The van der Waals surface area contributed by atoms with Crippen LogP contribution in [0, 0.1) is 25.2 Å². The zero-order chi connectivity index (χ0) is 16.1. The van der Waals surface area contributed by atoms with Crippen LogP contribution in [-0.4, -0.2) is 11.9 Å². The first-order valence-electron chi connectivity index (χ1n) is 7.45. The highest BCUT2D eigenvalue weighted by molar-refractivity contribution is 6.33. The standard InChI is InChI=1S/C17H20ClN3O/c1-11-7-12(2)16(15(18)8-11)20-10-13(9-19)17(22)21-14-5-3-4-6-14/h7-8,10,14,20H,3-6H2,1-2H3,(H,21,22)/b13-10-. The van der Waals surface area contributed by atoms with Gasteiger partial charge in [-0.05, 0) is 43.9 Å². The Kier molecular flexibility index (Phi) is 5.46. The lowest BCUT2D eigenvalue weighted by Gasteiger charge is -2.12.